The van der Waals surface area contributed by atoms with E-state index >= 15 is 0 Å². The fraction of sp³-hybridized carbons (Fsp3) is 0. The van der Waals surface area contributed by atoms with Gasteiger partial charge in [-0.2, -0.15) is 0 Å². The summed E-state index contributed by atoms with van der Waals surface area (Å²) in [5.41, 5.74) is 1.10. The van der Waals surface area contributed by atoms with Crippen LogP contribution < -0.4 is 0 Å². The molecule has 0 aliphatic carbocycles. The van der Waals surface area contributed by atoms with Gasteiger partial charge in [-0.25, -0.2) is 0 Å². The number of nitrogens with zero attached hydrogens (tertiary/aromatic N) is 1. The molecule has 1 heterocycles. The second-order valence-electron chi connectivity index (χ2n) is 2.47. The van der Waals surface area contributed by atoms with E-state index in [-0.39, 0.29) is 0 Å². The van der Waals surface area contributed by atoms with Crippen molar-refractivity contribution in [2.45, 2.75) is 0 Å². The van der Waals surface area contributed by atoms with E-state index < -0.39 is 0 Å². The van der Waals surface area contributed by atoms with Crippen LogP contribution in [0.3, 0.4) is 0 Å². The van der Waals surface area contributed by atoms with Gasteiger partial charge in [0, 0.05) is 18.7 Å². The molecular weight excluding hydrogens is 376 g/mol. The van der Waals surface area contributed by atoms with Crippen LogP contribution in [0.15, 0.2) is 30.5 Å². The molecule has 0 saturated carbocycles. The van der Waals surface area contributed by atoms with Crippen molar-refractivity contribution < 1.29 is 0 Å². The molecule has 12 heavy (non-hydrogen) atoms. The standard InChI is InChI=1S/C9H5I2N/c10-7-4-6-2-1-3-8(11)9(6)12-5-7/h1-5H. The van der Waals surface area contributed by atoms with E-state index in [0.717, 1.165) is 5.52 Å². The lowest BCUT2D eigenvalue weighted by Crippen LogP contribution is -1.83. The van der Waals surface area contributed by atoms with E-state index in [9.17, 15) is 0 Å². The van der Waals surface area contributed by atoms with Crippen molar-refractivity contribution in [2.24, 2.45) is 0 Å². The minimum Gasteiger partial charge on any atom is -0.254 e. The molecule has 0 bridgehead atoms. The molecule has 0 amide bonds. The van der Waals surface area contributed by atoms with Gasteiger partial charge in [0.2, 0.25) is 0 Å². The molecular formula is C9H5I2N. The summed E-state index contributed by atoms with van der Waals surface area (Å²) in [5.74, 6) is 0. The topological polar surface area (TPSA) is 12.9 Å². The first-order valence-electron chi connectivity index (χ1n) is 3.47. The number of halogens is 2. The smallest absolute Gasteiger partial charge is 0.0836 e. The van der Waals surface area contributed by atoms with E-state index in [1.807, 2.05) is 6.20 Å². The Labute approximate surface area is 97.9 Å². The molecule has 2 rings (SSSR count). The van der Waals surface area contributed by atoms with E-state index in [2.05, 4.69) is 74.4 Å². The molecule has 0 unspecified atom stereocenters. The molecule has 0 fully saturated rings. The number of hydrogen-bond acceptors (Lipinski definition) is 1. The quantitative estimate of drug-likeness (QED) is 0.638. The summed E-state index contributed by atoms with van der Waals surface area (Å²) < 4.78 is 2.39. The molecule has 0 saturated heterocycles. The maximum Gasteiger partial charge on any atom is 0.0836 e. The van der Waals surface area contributed by atoms with Crippen LogP contribution in [0, 0.1) is 7.14 Å². The van der Waals surface area contributed by atoms with Crippen LogP contribution in [0.25, 0.3) is 10.9 Å². The zero-order valence-electron chi connectivity index (χ0n) is 6.09. The zero-order valence-corrected chi connectivity index (χ0v) is 10.4. The Morgan fingerprint density at radius 3 is 2.83 bits per heavy atom. The lowest BCUT2D eigenvalue weighted by Gasteiger charge is -1.98. The normalized spacial score (nSPS) is 10.5. The molecule has 60 valence electrons. The molecule has 0 spiro atoms. The van der Waals surface area contributed by atoms with Crippen LogP contribution >= 0.6 is 45.2 Å². The third-order valence-electron chi connectivity index (χ3n) is 1.63. The van der Waals surface area contributed by atoms with Gasteiger partial charge in [0.25, 0.3) is 0 Å². The Kier molecular flexibility index (Phi) is 2.49. The molecule has 0 aliphatic heterocycles. The van der Waals surface area contributed by atoms with Crippen molar-refractivity contribution in [3.05, 3.63) is 37.6 Å². The van der Waals surface area contributed by atoms with E-state index in [0.29, 0.717) is 0 Å². The summed E-state index contributed by atoms with van der Waals surface area (Å²) in [6.07, 6.45) is 1.89. The van der Waals surface area contributed by atoms with E-state index in [1.54, 1.807) is 0 Å². The first kappa shape index (κ1) is 8.68. The Morgan fingerprint density at radius 1 is 1.17 bits per heavy atom. The van der Waals surface area contributed by atoms with Gasteiger partial charge < -0.3 is 0 Å². The predicted molar refractivity (Wildman–Crippen MR) is 67.2 cm³/mol. The summed E-state index contributed by atoms with van der Waals surface area (Å²) in [7, 11) is 0. The molecule has 0 atom stereocenters. The number of pyridine rings is 1. The van der Waals surface area contributed by atoms with Crippen molar-refractivity contribution in [1.82, 2.24) is 4.98 Å². The molecule has 3 heteroatoms. The fourth-order valence-electron chi connectivity index (χ4n) is 1.10. The van der Waals surface area contributed by atoms with Gasteiger partial charge >= 0.3 is 0 Å². The predicted octanol–water partition coefficient (Wildman–Crippen LogP) is 3.44. The number of aromatic nitrogens is 1. The van der Waals surface area contributed by atoms with Gasteiger partial charge in [-0.05, 0) is 57.3 Å². The molecule has 1 nitrogen and oxygen atoms in total. The lowest BCUT2D eigenvalue weighted by molar-refractivity contribution is 1.38. The number of rotatable bonds is 0. The monoisotopic (exact) mass is 381 g/mol. The van der Waals surface area contributed by atoms with Crippen LogP contribution in [0.2, 0.25) is 0 Å². The molecule has 0 radical (unpaired) electrons. The van der Waals surface area contributed by atoms with Crippen LogP contribution in [0.5, 0.6) is 0 Å². The number of fused-ring (bicyclic) bond motifs is 1. The van der Waals surface area contributed by atoms with Crippen molar-refractivity contribution in [3.8, 4) is 0 Å². The van der Waals surface area contributed by atoms with Gasteiger partial charge in [-0.3, -0.25) is 4.98 Å². The first-order valence-corrected chi connectivity index (χ1v) is 5.63. The Bertz CT molecular complexity index is 426. The van der Waals surface area contributed by atoms with Gasteiger partial charge in [0.1, 0.15) is 0 Å². The second-order valence-corrected chi connectivity index (χ2v) is 4.87. The van der Waals surface area contributed by atoms with Crippen LogP contribution in [0.4, 0.5) is 0 Å². The maximum atomic E-state index is 4.37. The van der Waals surface area contributed by atoms with Gasteiger partial charge in [-0.1, -0.05) is 12.1 Å². The maximum absolute atomic E-state index is 4.37. The molecule has 2 aromatic rings. The second kappa shape index (κ2) is 3.45. The molecule has 1 aromatic heterocycles. The Morgan fingerprint density at radius 2 is 2.00 bits per heavy atom. The van der Waals surface area contributed by atoms with Gasteiger partial charge in [0.15, 0.2) is 0 Å². The fourth-order valence-corrected chi connectivity index (χ4v) is 2.23. The average Bonchev–Trinajstić information content (AvgIpc) is 2.04. The Balaban J connectivity index is 2.86. The SMILES string of the molecule is Ic1cnc2c(I)cccc2c1. The number of para-hydroxylation sites is 1. The minimum absolute atomic E-state index is 1.10. The number of hydrogen-bond donors (Lipinski definition) is 0. The van der Waals surface area contributed by atoms with Crippen LogP contribution in [0.1, 0.15) is 0 Å². The summed E-state index contributed by atoms with van der Waals surface area (Å²) in [6.45, 7) is 0. The highest BCUT2D eigenvalue weighted by atomic mass is 127. The van der Waals surface area contributed by atoms with Crippen molar-refractivity contribution in [3.63, 3.8) is 0 Å². The van der Waals surface area contributed by atoms with Gasteiger partial charge in [0.05, 0.1) is 5.52 Å². The highest BCUT2D eigenvalue weighted by Crippen LogP contribution is 2.19. The van der Waals surface area contributed by atoms with Crippen molar-refractivity contribution in [1.29, 1.82) is 0 Å². The molecule has 1 aromatic carbocycles. The average molecular weight is 381 g/mol. The summed E-state index contributed by atoms with van der Waals surface area (Å²) >= 11 is 4.58. The van der Waals surface area contributed by atoms with Crippen molar-refractivity contribution >= 4 is 56.1 Å². The van der Waals surface area contributed by atoms with Crippen LogP contribution in [-0.4, -0.2) is 4.98 Å². The number of benzene rings is 1. The van der Waals surface area contributed by atoms with Crippen LogP contribution in [-0.2, 0) is 0 Å². The third-order valence-corrected chi connectivity index (χ3v) is 3.09. The summed E-state index contributed by atoms with van der Waals surface area (Å²) in [4.78, 5) is 4.37. The van der Waals surface area contributed by atoms with Gasteiger partial charge in [-0.15, -0.1) is 0 Å². The minimum atomic E-state index is 1.10. The first-order chi connectivity index (χ1) is 5.77. The largest absolute Gasteiger partial charge is 0.254 e. The summed E-state index contributed by atoms with van der Waals surface area (Å²) in [5, 5.41) is 1.22. The van der Waals surface area contributed by atoms with E-state index in [1.165, 1.54) is 12.5 Å². The highest BCUT2D eigenvalue weighted by molar-refractivity contribution is 14.1. The van der Waals surface area contributed by atoms with E-state index in [4.69, 9.17) is 0 Å². The van der Waals surface area contributed by atoms with Crippen molar-refractivity contribution in [2.75, 3.05) is 0 Å². The molecule has 0 aliphatic rings. The Hall–Kier alpha value is 0.0900. The lowest BCUT2D eigenvalue weighted by atomic mass is 10.2. The summed E-state index contributed by atoms with van der Waals surface area (Å²) in [6, 6.07) is 8.36. The zero-order chi connectivity index (χ0) is 8.55. The highest BCUT2D eigenvalue weighted by Gasteiger charge is 1.98. The third kappa shape index (κ3) is 1.56. The molecule has 0 N–H and O–H groups in total.